The van der Waals surface area contributed by atoms with Crippen LogP contribution >= 0.6 is 22.6 Å². The highest BCUT2D eigenvalue weighted by molar-refractivity contribution is 14.1. The van der Waals surface area contributed by atoms with Crippen molar-refractivity contribution in [2.75, 3.05) is 19.7 Å². The van der Waals surface area contributed by atoms with Crippen LogP contribution in [0.25, 0.3) is 0 Å². The summed E-state index contributed by atoms with van der Waals surface area (Å²) in [5.74, 6) is -0.370. The Morgan fingerprint density at radius 3 is 3.00 bits per heavy atom. The van der Waals surface area contributed by atoms with E-state index >= 15 is 0 Å². The number of nitrogens with zero attached hydrogens (tertiary/aromatic N) is 1. The molecular formula is C12H13FINO2. The van der Waals surface area contributed by atoms with Crippen LogP contribution in [0.5, 0.6) is 0 Å². The monoisotopic (exact) mass is 349 g/mol. The summed E-state index contributed by atoms with van der Waals surface area (Å²) in [4.78, 5) is 14.0. The van der Waals surface area contributed by atoms with E-state index in [1.54, 1.807) is 11.0 Å². The second-order valence-electron chi connectivity index (χ2n) is 4.06. The maximum absolute atomic E-state index is 13.0. The number of amides is 1. The van der Waals surface area contributed by atoms with Crippen LogP contribution in [0, 0.1) is 9.39 Å². The number of halogens is 2. The van der Waals surface area contributed by atoms with Crippen LogP contribution < -0.4 is 0 Å². The number of carbonyl (C=O) groups excluding carboxylic acids is 1. The van der Waals surface area contributed by atoms with Gasteiger partial charge in [0.05, 0.1) is 18.3 Å². The summed E-state index contributed by atoms with van der Waals surface area (Å²) in [7, 11) is 0. The van der Waals surface area contributed by atoms with Crippen molar-refractivity contribution in [3.8, 4) is 0 Å². The molecule has 0 N–H and O–H groups in total. The van der Waals surface area contributed by atoms with E-state index in [1.807, 2.05) is 29.5 Å². The zero-order valence-corrected chi connectivity index (χ0v) is 11.6. The Bertz CT molecular complexity index is 439. The molecule has 1 fully saturated rings. The Morgan fingerprint density at radius 2 is 2.35 bits per heavy atom. The topological polar surface area (TPSA) is 29.5 Å². The Balaban J connectivity index is 2.18. The zero-order chi connectivity index (χ0) is 12.4. The van der Waals surface area contributed by atoms with E-state index < -0.39 is 0 Å². The van der Waals surface area contributed by atoms with Crippen molar-refractivity contribution in [1.82, 2.24) is 4.90 Å². The Kier molecular flexibility index (Phi) is 3.98. The molecule has 0 saturated carbocycles. The third-order valence-electron chi connectivity index (χ3n) is 2.69. The van der Waals surface area contributed by atoms with Gasteiger partial charge in [0.15, 0.2) is 0 Å². The molecule has 0 radical (unpaired) electrons. The first-order valence-corrected chi connectivity index (χ1v) is 6.51. The predicted octanol–water partition coefficient (Wildman–Crippen LogP) is 2.29. The van der Waals surface area contributed by atoms with Crippen molar-refractivity contribution in [3.63, 3.8) is 0 Å². The normalized spacial score (nSPS) is 20.4. The molecule has 0 bridgehead atoms. The molecular weight excluding hydrogens is 336 g/mol. The number of carbonyl (C=O) groups is 1. The fraction of sp³-hybridized carbons (Fsp3) is 0.417. The van der Waals surface area contributed by atoms with Gasteiger partial charge in [0.1, 0.15) is 5.82 Å². The van der Waals surface area contributed by atoms with Crippen LogP contribution in [-0.4, -0.2) is 36.6 Å². The molecule has 1 amide bonds. The van der Waals surface area contributed by atoms with Crippen molar-refractivity contribution in [2.45, 2.75) is 13.0 Å². The van der Waals surface area contributed by atoms with Gasteiger partial charge < -0.3 is 9.64 Å². The SMILES string of the molecule is C[C@@H]1CN(C(=O)c2ccc(F)cc2I)CCO1. The molecule has 1 aromatic rings. The van der Waals surface area contributed by atoms with Gasteiger partial charge in [0.2, 0.25) is 0 Å². The summed E-state index contributed by atoms with van der Waals surface area (Å²) in [5.41, 5.74) is 0.557. The fourth-order valence-corrected chi connectivity index (χ4v) is 2.54. The number of morpholine rings is 1. The van der Waals surface area contributed by atoms with Gasteiger partial charge in [-0.1, -0.05) is 0 Å². The highest BCUT2D eigenvalue weighted by atomic mass is 127. The summed E-state index contributed by atoms with van der Waals surface area (Å²) < 4.78 is 19.0. The molecule has 0 aromatic heterocycles. The summed E-state index contributed by atoms with van der Waals surface area (Å²) in [6.07, 6.45) is 0.0609. The standard InChI is InChI=1S/C12H13FINO2/c1-8-7-15(4-5-17-8)12(16)10-3-2-9(13)6-11(10)14/h2-3,6,8H,4-5,7H2,1H3/t8-/m1/s1. The quantitative estimate of drug-likeness (QED) is 0.729. The van der Waals surface area contributed by atoms with Crippen molar-refractivity contribution >= 4 is 28.5 Å². The Morgan fingerprint density at radius 1 is 1.59 bits per heavy atom. The number of rotatable bonds is 1. The van der Waals surface area contributed by atoms with Gasteiger partial charge in [-0.15, -0.1) is 0 Å². The summed E-state index contributed by atoms with van der Waals surface area (Å²) in [6.45, 7) is 3.68. The number of hydrogen-bond acceptors (Lipinski definition) is 2. The lowest BCUT2D eigenvalue weighted by atomic mass is 10.1. The first-order chi connectivity index (χ1) is 8.08. The number of benzene rings is 1. The van der Waals surface area contributed by atoms with E-state index in [4.69, 9.17) is 4.74 Å². The largest absolute Gasteiger partial charge is 0.375 e. The first-order valence-electron chi connectivity index (χ1n) is 5.44. The van der Waals surface area contributed by atoms with Gasteiger partial charge in [0, 0.05) is 16.7 Å². The lowest BCUT2D eigenvalue weighted by molar-refractivity contribution is -0.0124. The lowest BCUT2D eigenvalue weighted by Crippen LogP contribution is -2.44. The van der Waals surface area contributed by atoms with Crippen molar-refractivity contribution in [2.24, 2.45) is 0 Å². The van der Waals surface area contributed by atoms with Crippen LogP contribution in [0.1, 0.15) is 17.3 Å². The van der Waals surface area contributed by atoms with Crippen molar-refractivity contribution < 1.29 is 13.9 Å². The fourth-order valence-electron chi connectivity index (χ4n) is 1.84. The molecule has 0 unspecified atom stereocenters. The zero-order valence-electron chi connectivity index (χ0n) is 9.45. The molecule has 1 heterocycles. The second-order valence-corrected chi connectivity index (χ2v) is 5.22. The van der Waals surface area contributed by atoms with Gasteiger partial charge in [-0.2, -0.15) is 0 Å². The molecule has 1 atom stereocenters. The molecule has 0 spiro atoms. The highest BCUT2D eigenvalue weighted by Gasteiger charge is 2.23. The minimum atomic E-state index is -0.318. The maximum Gasteiger partial charge on any atom is 0.255 e. The van der Waals surface area contributed by atoms with Gasteiger partial charge in [0.25, 0.3) is 5.91 Å². The summed E-state index contributed by atoms with van der Waals surface area (Å²) in [6, 6.07) is 4.23. The predicted molar refractivity (Wildman–Crippen MR) is 70.4 cm³/mol. The minimum Gasteiger partial charge on any atom is -0.375 e. The Labute approximate surface area is 113 Å². The second kappa shape index (κ2) is 5.30. The van der Waals surface area contributed by atoms with Crippen LogP contribution in [0.2, 0.25) is 0 Å². The van der Waals surface area contributed by atoms with E-state index in [1.165, 1.54) is 12.1 Å². The molecule has 92 valence electrons. The molecule has 0 aliphatic carbocycles. The molecule has 1 aliphatic heterocycles. The minimum absolute atomic E-state index is 0.0513. The first kappa shape index (κ1) is 12.8. The number of hydrogen-bond donors (Lipinski definition) is 0. The summed E-state index contributed by atoms with van der Waals surface area (Å²) >= 11 is 1.98. The molecule has 1 aliphatic rings. The van der Waals surface area contributed by atoms with Crippen LogP contribution in [-0.2, 0) is 4.74 Å². The number of ether oxygens (including phenoxy) is 1. The van der Waals surface area contributed by atoms with Gasteiger partial charge in [-0.3, -0.25) is 4.79 Å². The smallest absolute Gasteiger partial charge is 0.255 e. The molecule has 17 heavy (non-hydrogen) atoms. The van der Waals surface area contributed by atoms with Crippen molar-refractivity contribution in [1.29, 1.82) is 0 Å². The van der Waals surface area contributed by atoms with E-state index in [0.29, 0.717) is 28.8 Å². The van der Waals surface area contributed by atoms with Gasteiger partial charge in [-0.05, 0) is 47.7 Å². The molecule has 1 saturated heterocycles. The molecule has 5 heteroatoms. The third-order valence-corrected chi connectivity index (χ3v) is 3.58. The average Bonchev–Trinajstić information content (AvgIpc) is 2.28. The van der Waals surface area contributed by atoms with E-state index in [0.717, 1.165) is 0 Å². The van der Waals surface area contributed by atoms with E-state index in [9.17, 15) is 9.18 Å². The Hall–Kier alpha value is -0.690. The molecule has 3 nitrogen and oxygen atoms in total. The van der Waals surface area contributed by atoms with Crippen LogP contribution in [0.3, 0.4) is 0 Å². The molecule has 2 rings (SSSR count). The maximum atomic E-state index is 13.0. The van der Waals surface area contributed by atoms with Gasteiger partial charge >= 0.3 is 0 Å². The van der Waals surface area contributed by atoms with Crippen LogP contribution in [0.15, 0.2) is 18.2 Å². The average molecular weight is 349 g/mol. The van der Waals surface area contributed by atoms with Crippen molar-refractivity contribution in [3.05, 3.63) is 33.1 Å². The third kappa shape index (κ3) is 2.95. The lowest BCUT2D eigenvalue weighted by Gasteiger charge is -2.31. The van der Waals surface area contributed by atoms with E-state index in [-0.39, 0.29) is 17.8 Å². The highest BCUT2D eigenvalue weighted by Crippen LogP contribution is 2.17. The van der Waals surface area contributed by atoms with E-state index in [2.05, 4.69) is 0 Å². The molecule has 1 aromatic carbocycles. The van der Waals surface area contributed by atoms with Crippen LogP contribution in [0.4, 0.5) is 4.39 Å². The van der Waals surface area contributed by atoms with Gasteiger partial charge in [-0.25, -0.2) is 4.39 Å². The summed E-state index contributed by atoms with van der Waals surface area (Å²) in [5, 5.41) is 0.